The minimum absolute atomic E-state index is 0.192. The van der Waals surface area contributed by atoms with Crippen molar-refractivity contribution in [3.05, 3.63) is 0 Å². The van der Waals surface area contributed by atoms with Gasteiger partial charge in [0.25, 0.3) is 9.70 Å². The molecule has 0 aliphatic carbocycles. The average molecular weight is 245 g/mol. The first-order valence-corrected chi connectivity index (χ1v) is 5.44. The van der Waals surface area contributed by atoms with Crippen molar-refractivity contribution < 1.29 is 4.79 Å². The number of nitrogens with zero attached hydrogens (tertiary/aromatic N) is 1. The summed E-state index contributed by atoms with van der Waals surface area (Å²) < 4.78 is -1.80. The van der Waals surface area contributed by atoms with Crippen LogP contribution in [-0.4, -0.2) is 27.2 Å². The second-order valence-corrected chi connectivity index (χ2v) is 5.62. The molecule has 1 saturated heterocycles. The third-order valence-corrected chi connectivity index (χ3v) is 2.79. The van der Waals surface area contributed by atoms with Gasteiger partial charge in [0.15, 0.2) is 0 Å². The predicted octanol–water partition coefficient (Wildman–Crippen LogP) is 2.76. The Balaban J connectivity index is 2.64. The molecule has 0 saturated carbocycles. The van der Waals surface area contributed by atoms with Crippen LogP contribution in [-0.2, 0) is 4.79 Å². The maximum Gasteiger partial charge on any atom is 0.274 e. The second-order valence-electron chi connectivity index (χ2n) is 3.34. The van der Waals surface area contributed by atoms with Crippen LogP contribution in [0.1, 0.15) is 26.2 Å². The number of hydrogen-bond donors (Lipinski definition) is 0. The quantitative estimate of drug-likeness (QED) is 0.600. The van der Waals surface area contributed by atoms with Crippen molar-refractivity contribution in [2.45, 2.75) is 36.0 Å². The summed E-state index contributed by atoms with van der Waals surface area (Å²) in [6, 6.07) is 0.192. The van der Waals surface area contributed by atoms with E-state index in [1.165, 1.54) is 0 Å². The summed E-state index contributed by atoms with van der Waals surface area (Å²) in [6.45, 7) is 2.68. The molecule has 1 unspecified atom stereocenters. The summed E-state index contributed by atoms with van der Waals surface area (Å²) in [6.07, 6.45) is 3.13. The summed E-state index contributed by atoms with van der Waals surface area (Å²) in [7, 11) is 0. The summed E-state index contributed by atoms with van der Waals surface area (Å²) in [4.78, 5) is 13.2. The molecule has 1 heterocycles. The van der Waals surface area contributed by atoms with Crippen molar-refractivity contribution in [1.29, 1.82) is 0 Å². The third kappa shape index (κ3) is 2.90. The van der Waals surface area contributed by atoms with E-state index >= 15 is 0 Å². The first kappa shape index (κ1) is 11.4. The van der Waals surface area contributed by atoms with Gasteiger partial charge >= 0.3 is 0 Å². The van der Waals surface area contributed by atoms with Crippen molar-refractivity contribution in [2.75, 3.05) is 6.54 Å². The van der Waals surface area contributed by atoms with Crippen molar-refractivity contribution in [2.24, 2.45) is 0 Å². The van der Waals surface area contributed by atoms with Gasteiger partial charge in [-0.3, -0.25) is 4.79 Å². The van der Waals surface area contributed by atoms with Gasteiger partial charge in [-0.25, -0.2) is 0 Å². The second kappa shape index (κ2) is 4.24. The van der Waals surface area contributed by atoms with Crippen molar-refractivity contribution in [3.63, 3.8) is 0 Å². The number of halogens is 3. The molecule has 5 heteroatoms. The molecule has 0 radical (unpaired) electrons. The number of likely N-dealkylation sites (tertiary alicyclic amines) is 1. The Morgan fingerprint density at radius 3 is 2.46 bits per heavy atom. The molecule has 0 aromatic carbocycles. The highest BCUT2D eigenvalue weighted by atomic mass is 35.6. The minimum atomic E-state index is -1.80. The van der Waals surface area contributed by atoms with E-state index in [1.54, 1.807) is 4.90 Å². The predicted molar refractivity (Wildman–Crippen MR) is 55.3 cm³/mol. The van der Waals surface area contributed by atoms with E-state index < -0.39 is 9.70 Å². The van der Waals surface area contributed by atoms with E-state index in [2.05, 4.69) is 0 Å². The van der Waals surface area contributed by atoms with E-state index in [-0.39, 0.29) is 6.04 Å². The van der Waals surface area contributed by atoms with Crippen molar-refractivity contribution in [3.8, 4) is 0 Å². The minimum Gasteiger partial charge on any atom is -0.336 e. The highest BCUT2D eigenvalue weighted by Gasteiger charge is 2.37. The van der Waals surface area contributed by atoms with Gasteiger partial charge in [0.1, 0.15) is 0 Å². The van der Waals surface area contributed by atoms with Gasteiger partial charge in [-0.1, -0.05) is 34.8 Å². The van der Waals surface area contributed by atoms with Gasteiger partial charge < -0.3 is 4.90 Å². The number of carbonyl (C=O) groups excluding carboxylic acids is 1. The largest absolute Gasteiger partial charge is 0.336 e. The molecule has 0 N–H and O–H groups in total. The lowest BCUT2D eigenvalue weighted by molar-refractivity contribution is -0.133. The lowest BCUT2D eigenvalue weighted by Crippen LogP contribution is -2.47. The number of amides is 1. The van der Waals surface area contributed by atoms with Crippen molar-refractivity contribution in [1.82, 2.24) is 4.90 Å². The summed E-state index contributed by atoms with van der Waals surface area (Å²) in [5.41, 5.74) is 0. The lowest BCUT2D eigenvalue weighted by Gasteiger charge is -2.35. The number of piperidine rings is 1. The fraction of sp³-hybridized carbons (Fsp3) is 0.875. The molecule has 0 spiro atoms. The zero-order chi connectivity index (χ0) is 10.1. The van der Waals surface area contributed by atoms with Crippen LogP contribution in [0.5, 0.6) is 0 Å². The smallest absolute Gasteiger partial charge is 0.274 e. The van der Waals surface area contributed by atoms with Crippen molar-refractivity contribution >= 4 is 40.7 Å². The molecule has 1 atom stereocenters. The Morgan fingerprint density at radius 1 is 1.38 bits per heavy atom. The van der Waals surface area contributed by atoms with Crippen LogP contribution in [0, 0.1) is 0 Å². The number of carbonyl (C=O) groups is 1. The Kier molecular flexibility index (Phi) is 3.73. The maximum absolute atomic E-state index is 11.6. The van der Waals surface area contributed by atoms with E-state index in [9.17, 15) is 4.79 Å². The Morgan fingerprint density at radius 2 is 2.00 bits per heavy atom. The first-order chi connectivity index (χ1) is 5.93. The normalized spacial score (nSPS) is 24.6. The molecule has 1 aliphatic rings. The number of hydrogen-bond acceptors (Lipinski definition) is 1. The van der Waals surface area contributed by atoms with E-state index in [4.69, 9.17) is 34.8 Å². The van der Waals surface area contributed by atoms with Gasteiger partial charge in [-0.05, 0) is 26.2 Å². The summed E-state index contributed by atoms with van der Waals surface area (Å²) >= 11 is 16.6. The fourth-order valence-electron chi connectivity index (χ4n) is 1.56. The average Bonchev–Trinajstić information content (AvgIpc) is 2.02. The third-order valence-electron chi connectivity index (χ3n) is 2.31. The Labute approximate surface area is 93.1 Å². The van der Waals surface area contributed by atoms with Crippen LogP contribution in [0.3, 0.4) is 0 Å². The molecule has 1 aliphatic heterocycles. The molecule has 1 rings (SSSR count). The van der Waals surface area contributed by atoms with Gasteiger partial charge in [-0.2, -0.15) is 0 Å². The molecule has 0 aromatic rings. The maximum atomic E-state index is 11.6. The molecule has 76 valence electrons. The molecular weight excluding hydrogens is 232 g/mol. The molecule has 0 bridgehead atoms. The van der Waals surface area contributed by atoms with Gasteiger partial charge in [0, 0.05) is 12.6 Å². The summed E-state index contributed by atoms with van der Waals surface area (Å²) in [5, 5.41) is 0. The van der Waals surface area contributed by atoms with E-state index in [0.717, 1.165) is 19.3 Å². The fourth-order valence-corrected chi connectivity index (χ4v) is 1.89. The zero-order valence-electron chi connectivity index (χ0n) is 7.40. The highest BCUT2D eigenvalue weighted by Crippen LogP contribution is 2.31. The lowest BCUT2D eigenvalue weighted by atomic mass is 10.0. The highest BCUT2D eigenvalue weighted by molar-refractivity contribution is 6.76. The molecule has 1 amide bonds. The monoisotopic (exact) mass is 243 g/mol. The molecule has 13 heavy (non-hydrogen) atoms. The van der Waals surface area contributed by atoms with Crippen LogP contribution in [0.25, 0.3) is 0 Å². The van der Waals surface area contributed by atoms with Gasteiger partial charge in [0.05, 0.1) is 0 Å². The van der Waals surface area contributed by atoms with E-state index in [0.29, 0.717) is 6.54 Å². The van der Waals surface area contributed by atoms with Crippen LogP contribution in [0.4, 0.5) is 0 Å². The standard InChI is InChI=1S/C8H12Cl3NO/c1-6-4-2-3-5-12(6)7(13)8(9,10)11/h6H,2-5H2,1H3. The van der Waals surface area contributed by atoms with Crippen LogP contribution < -0.4 is 0 Å². The summed E-state index contributed by atoms with van der Waals surface area (Å²) in [5.74, 6) is -0.398. The molecule has 0 aromatic heterocycles. The number of alkyl halides is 3. The topological polar surface area (TPSA) is 20.3 Å². The van der Waals surface area contributed by atoms with Crippen LogP contribution in [0.2, 0.25) is 0 Å². The van der Waals surface area contributed by atoms with E-state index in [1.807, 2.05) is 6.92 Å². The molecule has 1 fully saturated rings. The molecule has 2 nitrogen and oxygen atoms in total. The first-order valence-electron chi connectivity index (χ1n) is 4.30. The Bertz CT molecular complexity index is 202. The van der Waals surface area contributed by atoms with Crippen LogP contribution in [0.15, 0.2) is 0 Å². The zero-order valence-corrected chi connectivity index (χ0v) is 9.66. The van der Waals surface area contributed by atoms with Crippen LogP contribution >= 0.6 is 34.8 Å². The number of rotatable bonds is 0. The van der Waals surface area contributed by atoms with Gasteiger partial charge in [-0.15, -0.1) is 0 Å². The SMILES string of the molecule is CC1CCCCN1C(=O)C(Cl)(Cl)Cl. The molecular formula is C8H12Cl3NO. The van der Waals surface area contributed by atoms with Gasteiger partial charge in [0.2, 0.25) is 0 Å². The Hall–Kier alpha value is 0.340.